The third kappa shape index (κ3) is 12.6. The van der Waals surface area contributed by atoms with Crippen molar-refractivity contribution in [2.24, 2.45) is 4.99 Å². The summed E-state index contributed by atoms with van der Waals surface area (Å²) in [6.07, 6.45) is 8.43. The van der Waals surface area contributed by atoms with Gasteiger partial charge in [-0.25, -0.2) is 0 Å². The molecule has 0 unspecified atom stereocenters. The van der Waals surface area contributed by atoms with E-state index in [2.05, 4.69) is 11.1 Å². The van der Waals surface area contributed by atoms with Crippen molar-refractivity contribution in [3.8, 4) is 0 Å². The molecule has 0 aliphatic carbocycles. The summed E-state index contributed by atoms with van der Waals surface area (Å²) in [5, 5.41) is 0. The van der Waals surface area contributed by atoms with Crippen LogP contribution in [0.5, 0.6) is 0 Å². The van der Waals surface area contributed by atoms with Gasteiger partial charge in [0.25, 0.3) is 0 Å². The predicted octanol–water partition coefficient (Wildman–Crippen LogP) is 3.46. The van der Waals surface area contributed by atoms with Gasteiger partial charge in [-0.15, -0.1) is 0 Å². The number of hydrogen-bond donors (Lipinski definition) is 0. The molecule has 1 nitrogen and oxygen atoms in total. The Labute approximate surface area is 71.2 Å². The van der Waals surface area contributed by atoms with Gasteiger partial charge in [-0.1, -0.05) is 33.8 Å². The van der Waals surface area contributed by atoms with Crippen LogP contribution in [0.25, 0.3) is 0 Å². The first-order chi connectivity index (χ1) is 5.50. The second kappa shape index (κ2) is 16.2. The van der Waals surface area contributed by atoms with Crippen molar-refractivity contribution in [1.82, 2.24) is 0 Å². The maximum absolute atomic E-state index is 4.06. The number of allylic oxidation sites excluding steroid dienone is 2. The summed E-state index contributed by atoms with van der Waals surface area (Å²) in [6.45, 7) is 9.01. The van der Waals surface area contributed by atoms with E-state index in [1.165, 1.54) is 12.8 Å². The Morgan fingerprint density at radius 1 is 1.09 bits per heavy atom. The van der Waals surface area contributed by atoms with Crippen LogP contribution >= 0.6 is 0 Å². The fourth-order valence-corrected chi connectivity index (χ4v) is 0.593. The number of aliphatic imine (C=N–C) groups is 1. The van der Waals surface area contributed by atoms with E-state index in [0.717, 1.165) is 6.54 Å². The fraction of sp³-hybridized carbons (Fsp3) is 0.700. The van der Waals surface area contributed by atoms with Crippen molar-refractivity contribution in [1.29, 1.82) is 0 Å². The molecule has 0 saturated carbocycles. The molecule has 0 aromatic heterocycles. The largest absolute Gasteiger partial charge is 0.293 e. The van der Waals surface area contributed by atoms with Gasteiger partial charge in [0.05, 0.1) is 0 Å². The van der Waals surface area contributed by atoms with E-state index < -0.39 is 0 Å². The molecule has 0 bridgehead atoms. The van der Waals surface area contributed by atoms with Gasteiger partial charge in [0.2, 0.25) is 0 Å². The molecule has 1 heteroatoms. The van der Waals surface area contributed by atoms with Crippen molar-refractivity contribution < 1.29 is 0 Å². The normalized spacial score (nSPS) is 13.5. The minimum absolute atomic E-state index is 1.01. The van der Waals surface area contributed by atoms with E-state index in [4.69, 9.17) is 0 Å². The Morgan fingerprint density at radius 3 is 2.36 bits per heavy atom. The zero-order valence-electron chi connectivity index (χ0n) is 8.30. The third-order valence-corrected chi connectivity index (χ3v) is 0.986. The molecule has 1 aliphatic rings. The molecule has 0 atom stereocenters. The maximum atomic E-state index is 4.06. The molecule has 1 aliphatic heterocycles. The van der Waals surface area contributed by atoms with E-state index >= 15 is 0 Å². The molecular weight excluding hydrogens is 134 g/mol. The van der Waals surface area contributed by atoms with Crippen molar-refractivity contribution in [2.75, 3.05) is 6.54 Å². The number of hydrogen-bond acceptors (Lipinski definition) is 1. The lowest BCUT2D eigenvalue weighted by Crippen LogP contribution is -1.73. The van der Waals surface area contributed by atoms with Gasteiger partial charge in [0.15, 0.2) is 0 Å². The van der Waals surface area contributed by atoms with Gasteiger partial charge in [0, 0.05) is 12.8 Å². The summed E-state index contributed by atoms with van der Waals surface area (Å²) < 4.78 is 0. The highest BCUT2D eigenvalue weighted by Gasteiger charge is 1.81. The van der Waals surface area contributed by atoms with Gasteiger partial charge in [-0.2, -0.15) is 0 Å². The number of nitrogens with zero attached hydrogens (tertiary/aromatic N) is 1. The molecule has 1 heterocycles. The van der Waals surface area contributed by atoms with Crippen LogP contribution in [0.3, 0.4) is 0 Å². The topological polar surface area (TPSA) is 12.4 Å². The van der Waals surface area contributed by atoms with Crippen molar-refractivity contribution in [3.63, 3.8) is 0 Å². The lowest BCUT2D eigenvalue weighted by atomic mass is 10.3. The fourth-order valence-electron chi connectivity index (χ4n) is 0.593. The average Bonchev–Trinajstić information content (AvgIpc) is 2.42. The molecule has 0 radical (unpaired) electrons. The quantitative estimate of drug-likeness (QED) is 0.508. The first-order valence-electron chi connectivity index (χ1n) is 4.65. The van der Waals surface area contributed by atoms with Crippen molar-refractivity contribution in [3.05, 3.63) is 12.2 Å². The standard InChI is InChI=1S/C6H9N.2C2H6/c1-2-4-6-7-5-3-1;2*1-2/h1,3,5H,2,4,6H2;2*1-2H3. The van der Waals surface area contributed by atoms with Gasteiger partial charge >= 0.3 is 0 Å². The summed E-state index contributed by atoms with van der Waals surface area (Å²) in [7, 11) is 0. The highest BCUT2D eigenvalue weighted by Crippen LogP contribution is 1.93. The molecular formula is C10H21N. The Hall–Kier alpha value is -0.590. The second-order valence-corrected chi connectivity index (χ2v) is 1.63. The van der Waals surface area contributed by atoms with Crippen LogP contribution in [-0.4, -0.2) is 12.8 Å². The van der Waals surface area contributed by atoms with Crippen molar-refractivity contribution >= 4 is 6.21 Å². The first kappa shape index (κ1) is 13.0. The first-order valence-corrected chi connectivity index (χ1v) is 4.65. The molecule has 0 aromatic rings. The molecule has 0 saturated heterocycles. The van der Waals surface area contributed by atoms with Gasteiger partial charge in [0.1, 0.15) is 0 Å². The molecule has 1 rings (SSSR count). The van der Waals surface area contributed by atoms with E-state index in [0.29, 0.717) is 0 Å². The molecule has 0 spiro atoms. The Morgan fingerprint density at radius 2 is 1.73 bits per heavy atom. The Bertz CT molecular complexity index is 81.0. The maximum Gasteiger partial charge on any atom is 0.0392 e. The van der Waals surface area contributed by atoms with Gasteiger partial charge in [-0.3, -0.25) is 4.99 Å². The monoisotopic (exact) mass is 155 g/mol. The molecule has 0 aromatic carbocycles. The minimum atomic E-state index is 1.01. The lowest BCUT2D eigenvalue weighted by Gasteiger charge is -1.81. The average molecular weight is 155 g/mol. The summed E-state index contributed by atoms with van der Waals surface area (Å²) in [5.74, 6) is 0. The summed E-state index contributed by atoms with van der Waals surface area (Å²) in [4.78, 5) is 4.06. The second-order valence-electron chi connectivity index (χ2n) is 1.63. The molecule has 0 fully saturated rings. The molecule has 66 valence electrons. The zero-order chi connectivity index (χ0) is 8.95. The van der Waals surface area contributed by atoms with E-state index in [-0.39, 0.29) is 0 Å². The Kier molecular flexibility index (Phi) is 19.2. The summed E-state index contributed by atoms with van der Waals surface area (Å²) in [6, 6.07) is 0. The minimum Gasteiger partial charge on any atom is -0.293 e. The van der Waals surface area contributed by atoms with Crippen LogP contribution in [0.4, 0.5) is 0 Å². The van der Waals surface area contributed by atoms with E-state index in [9.17, 15) is 0 Å². The third-order valence-electron chi connectivity index (χ3n) is 0.986. The zero-order valence-corrected chi connectivity index (χ0v) is 8.30. The van der Waals surface area contributed by atoms with Crippen LogP contribution in [0.1, 0.15) is 40.5 Å². The van der Waals surface area contributed by atoms with E-state index in [1.54, 1.807) is 0 Å². The smallest absolute Gasteiger partial charge is 0.0392 e. The lowest BCUT2D eigenvalue weighted by molar-refractivity contribution is 0.866. The highest BCUT2D eigenvalue weighted by atomic mass is 14.7. The highest BCUT2D eigenvalue weighted by molar-refractivity contribution is 5.71. The van der Waals surface area contributed by atoms with Gasteiger partial charge in [-0.05, 0) is 18.9 Å². The van der Waals surface area contributed by atoms with Gasteiger partial charge < -0.3 is 0 Å². The van der Waals surface area contributed by atoms with E-state index in [1.807, 2.05) is 40.0 Å². The van der Waals surface area contributed by atoms with Crippen LogP contribution < -0.4 is 0 Å². The molecule has 11 heavy (non-hydrogen) atoms. The predicted molar refractivity (Wildman–Crippen MR) is 54.4 cm³/mol. The van der Waals surface area contributed by atoms with Crippen LogP contribution in [0.2, 0.25) is 0 Å². The molecule has 0 N–H and O–H groups in total. The van der Waals surface area contributed by atoms with Crippen molar-refractivity contribution in [2.45, 2.75) is 40.5 Å². The SMILES string of the molecule is C1=CCCCN=C1.CC.CC. The number of rotatable bonds is 0. The van der Waals surface area contributed by atoms with Crippen LogP contribution in [-0.2, 0) is 0 Å². The van der Waals surface area contributed by atoms with Crippen LogP contribution in [0, 0.1) is 0 Å². The Balaban J connectivity index is 0. The van der Waals surface area contributed by atoms with Crippen LogP contribution in [0.15, 0.2) is 17.1 Å². The molecule has 0 amide bonds. The summed E-state index contributed by atoms with van der Waals surface area (Å²) in [5.41, 5.74) is 0. The summed E-state index contributed by atoms with van der Waals surface area (Å²) >= 11 is 0.